The van der Waals surface area contributed by atoms with Gasteiger partial charge in [-0.3, -0.25) is 4.79 Å². The Morgan fingerprint density at radius 1 is 0.977 bits per heavy atom. The van der Waals surface area contributed by atoms with Crippen LogP contribution in [0.3, 0.4) is 0 Å². The molecule has 2 N–H and O–H groups in total. The number of quaternary nitrogens is 1. The number of hydrogen-bond acceptors (Lipinski definition) is 10. The number of hydrogen-bond donors (Lipinski definition) is 2. The molecule has 13 heteroatoms. The van der Waals surface area contributed by atoms with Crippen LogP contribution in [0.2, 0.25) is 0 Å². The molecule has 0 aliphatic heterocycles. The number of nitrogens with zero attached hydrogens (tertiary/aromatic N) is 3. The van der Waals surface area contributed by atoms with Crippen molar-refractivity contribution >= 4 is 27.3 Å². The lowest BCUT2D eigenvalue weighted by atomic mass is 10.0. The Morgan fingerprint density at radius 2 is 1.63 bits per heavy atom. The van der Waals surface area contributed by atoms with Gasteiger partial charge in [-0.05, 0) is 57.2 Å². The van der Waals surface area contributed by atoms with Gasteiger partial charge in [-0.2, -0.15) is 10.3 Å². The lowest BCUT2D eigenvalue weighted by Gasteiger charge is -2.11. The third kappa shape index (κ3) is 5.49. The second kappa shape index (κ2) is 11.7. The van der Waals surface area contributed by atoms with E-state index in [1.807, 2.05) is 19.1 Å². The van der Waals surface area contributed by atoms with E-state index >= 15 is 0 Å². The van der Waals surface area contributed by atoms with Crippen LogP contribution in [0.15, 0.2) is 93.2 Å². The zero-order chi connectivity index (χ0) is 30.9. The summed E-state index contributed by atoms with van der Waals surface area (Å²) in [5, 5.41) is 27.8. The summed E-state index contributed by atoms with van der Waals surface area (Å²) < 4.78 is 40.1. The molecule has 2 heterocycles. The van der Waals surface area contributed by atoms with Crippen LogP contribution in [0.5, 0.6) is 0 Å². The van der Waals surface area contributed by atoms with Crippen LogP contribution in [-0.4, -0.2) is 46.9 Å². The number of ether oxygens (including phenoxy) is 1. The first-order valence-corrected chi connectivity index (χ1v) is 14.5. The predicted octanol–water partition coefficient (Wildman–Crippen LogP) is 3.79. The number of aromatic nitrogens is 3. The minimum Gasteiger partial charge on any atom is -0.595 e. The first-order valence-electron chi connectivity index (χ1n) is 13.1. The maximum Gasteiger partial charge on any atom is 0.359 e. The molecule has 0 amide bonds. The molecule has 0 aliphatic carbocycles. The average molecular weight is 603 g/mol. The molecule has 12 nitrogen and oxygen atoms in total. The van der Waals surface area contributed by atoms with Gasteiger partial charge in [0.15, 0.2) is 27.7 Å². The zero-order valence-electron chi connectivity index (χ0n) is 23.3. The third-order valence-corrected chi connectivity index (χ3v) is 8.48. The number of sulfone groups is 1. The number of nitrogens with one attached hydrogen (secondary N) is 1. The molecule has 1 atom stereocenters. The first kappa shape index (κ1) is 29.5. The monoisotopic (exact) mass is 602 g/mol. The van der Waals surface area contributed by atoms with Crippen molar-refractivity contribution in [2.45, 2.75) is 30.6 Å². The standard InChI is InChI=1S/C30H26N4O8S/c1-4-41-30(36)25-24(19(3)33(31-25)21-14-10-18(2)11-15-21)27(35)26-29(43(39,40)23-8-6-5-7-9-23)28(42-32-26)20-12-16-22(17-13-20)34(37)38/h5-17,34,37H,4H2,1-3H3. The highest BCUT2D eigenvalue weighted by Crippen LogP contribution is 2.36. The predicted molar refractivity (Wildman–Crippen MR) is 152 cm³/mol. The Bertz CT molecular complexity index is 1910. The molecule has 3 aromatic carbocycles. The molecular weight excluding hydrogens is 576 g/mol. The summed E-state index contributed by atoms with van der Waals surface area (Å²) in [6.45, 7) is 5.09. The van der Waals surface area contributed by atoms with Crippen molar-refractivity contribution in [2.75, 3.05) is 6.61 Å². The van der Waals surface area contributed by atoms with Gasteiger partial charge in [-0.1, -0.05) is 41.1 Å². The van der Waals surface area contributed by atoms with E-state index in [0.717, 1.165) is 5.56 Å². The van der Waals surface area contributed by atoms with E-state index in [1.54, 1.807) is 32.0 Å². The van der Waals surface area contributed by atoms with E-state index in [1.165, 1.54) is 53.2 Å². The van der Waals surface area contributed by atoms with Crippen LogP contribution in [-0.2, 0) is 14.6 Å². The van der Waals surface area contributed by atoms with Crippen molar-refractivity contribution in [2.24, 2.45) is 0 Å². The topological polar surface area (TPSA) is 169 Å². The summed E-state index contributed by atoms with van der Waals surface area (Å²) in [5.74, 6) is -2.07. The number of carbonyl (C=O) groups is 2. The fourth-order valence-electron chi connectivity index (χ4n) is 4.51. The highest BCUT2D eigenvalue weighted by molar-refractivity contribution is 7.91. The number of ketones is 1. The van der Waals surface area contributed by atoms with Gasteiger partial charge in [-0.15, -0.1) is 0 Å². The van der Waals surface area contributed by atoms with E-state index in [-0.39, 0.29) is 45.5 Å². The molecule has 0 bridgehead atoms. The Balaban J connectivity index is 1.74. The second-order valence-electron chi connectivity index (χ2n) is 9.49. The summed E-state index contributed by atoms with van der Waals surface area (Å²) >= 11 is 0. The molecule has 43 heavy (non-hydrogen) atoms. The molecule has 2 aromatic heterocycles. The molecule has 0 saturated heterocycles. The van der Waals surface area contributed by atoms with Gasteiger partial charge in [0.2, 0.25) is 15.6 Å². The number of rotatable bonds is 9. The normalized spacial score (nSPS) is 12.2. The van der Waals surface area contributed by atoms with Crippen LogP contribution in [0, 0.1) is 19.1 Å². The average Bonchev–Trinajstić information content (AvgIpc) is 3.60. The molecule has 5 aromatic rings. The van der Waals surface area contributed by atoms with Crippen molar-refractivity contribution < 1.29 is 37.7 Å². The van der Waals surface area contributed by atoms with Gasteiger partial charge in [0, 0.05) is 17.7 Å². The third-order valence-electron chi connectivity index (χ3n) is 6.67. The van der Waals surface area contributed by atoms with Gasteiger partial charge in [0.25, 0.3) is 0 Å². The van der Waals surface area contributed by atoms with E-state index in [4.69, 9.17) is 9.26 Å². The summed E-state index contributed by atoms with van der Waals surface area (Å²) in [5.41, 5.74) is 0.831. The highest BCUT2D eigenvalue weighted by atomic mass is 32.2. The summed E-state index contributed by atoms with van der Waals surface area (Å²) in [6, 6.07) is 19.9. The molecule has 5 rings (SSSR count). The number of esters is 1. The molecule has 0 radical (unpaired) electrons. The van der Waals surface area contributed by atoms with Crippen molar-refractivity contribution in [3.63, 3.8) is 0 Å². The molecule has 220 valence electrons. The minimum atomic E-state index is -4.43. The fourth-order valence-corrected chi connectivity index (χ4v) is 6.05. The van der Waals surface area contributed by atoms with Crippen LogP contribution in [0.4, 0.5) is 5.69 Å². The summed E-state index contributed by atoms with van der Waals surface area (Å²) in [4.78, 5) is 26.6. The van der Waals surface area contributed by atoms with Crippen molar-refractivity contribution in [3.05, 3.63) is 112 Å². The molecule has 1 unspecified atom stereocenters. The Hall–Kier alpha value is -4.95. The van der Waals surface area contributed by atoms with Gasteiger partial charge < -0.3 is 14.5 Å². The van der Waals surface area contributed by atoms with Crippen LogP contribution < -0.4 is 5.23 Å². The largest absolute Gasteiger partial charge is 0.595 e. The summed E-state index contributed by atoms with van der Waals surface area (Å²) in [7, 11) is -4.43. The van der Waals surface area contributed by atoms with Gasteiger partial charge in [0.1, 0.15) is 0 Å². The first-order chi connectivity index (χ1) is 20.5. The smallest absolute Gasteiger partial charge is 0.359 e. The Kier molecular flexibility index (Phi) is 8.06. The maximum atomic E-state index is 14.3. The Labute approximate surface area is 246 Å². The number of carbonyl (C=O) groups excluding carboxylic acids is 2. The lowest BCUT2D eigenvalue weighted by molar-refractivity contribution is -0.991. The van der Waals surface area contributed by atoms with Crippen molar-refractivity contribution in [1.29, 1.82) is 0 Å². The second-order valence-corrected chi connectivity index (χ2v) is 11.4. The fraction of sp³-hybridized carbons (Fsp3) is 0.133. The van der Waals surface area contributed by atoms with Crippen LogP contribution >= 0.6 is 0 Å². The SMILES string of the molecule is CCOC(=O)c1nn(-c2ccc(C)cc2)c(C)c1C(=O)c1noc(-c2ccc([NH+]([O-])O)cc2)c1S(=O)(=O)c1ccccc1. The zero-order valence-corrected chi connectivity index (χ0v) is 24.1. The van der Waals surface area contributed by atoms with E-state index in [0.29, 0.717) is 5.69 Å². The Morgan fingerprint density at radius 3 is 2.23 bits per heavy atom. The highest BCUT2D eigenvalue weighted by Gasteiger charge is 2.38. The molecule has 0 saturated carbocycles. The number of aryl methyl sites for hydroxylation is 1. The van der Waals surface area contributed by atoms with Crippen molar-refractivity contribution in [1.82, 2.24) is 14.9 Å². The van der Waals surface area contributed by atoms with E-state index < -0.39 is 37.4 Å². The minimum absolute atomic E-state index is 0.0109. The lowest BCUT2D eigenvalue weighted by Crippen LogP contribution is -2.99. The van der Waals surface area contributed by atoms with Gasteiger partial charge >= 0.3 is 5.97 Å². The van der Waals surface area contributed by atoms with E-state index in [2.05, 4.69) is 10.3 Å². The molecule has 0 aliphatic rings. The van der Waals surface area contributed by atoms with Gasteiger partial charge in [0.05, 0.1) is 28.4 Å². The van der Waals surface area contributed by atoms with Crippen molar-refractivity contribution in [3.8, 4) is 17.0 Å². The quantitative estimate of drug-likeness (QED) is 0.144. The molecular formula is C30H26N4O8S. The summed E-state index contributed by atoms with van der Waals surface area (Å²) in [6.07, 6.45) is 0. The maximum absolute atomic E-state index is 14.3. The van der Waals surface area contributed by atoms with Crippen LogP contribution in [0.1, 0.15) is 44.7 Å². The van der Waals surface area contributed by atoms with E-state index in [9.17, 15) is 28.4 Å². The van der Waals surface area contributed by atoms with Gasteiger partial charge in [-0.25, -0.2) is 23.1 Å². The van der Waals surface area contributed by atoms with Crippen LogP contribution in [0.25, 0.3) is 17.0 Å². The number of benzene rings is 3. The molecule has 0 spiro atoms. The molecule has 0 fully saturated rings.